The summed E-state index contributed by atoms with van der Waals surface area (Å²) in [5.41, 5.74) is 2.75. The molecular formula is C18H18O4. The minimum Gasteiger partial charge on any atom is -0.493 e. The van der Waals surface area contributed by atoms with Gasteiger partial charge < -0.3 is 14.6 Å². The predicted molar refractivity (Wildman–Crippen MR) is 85.2 cm³/mol. The zero-order valence-corrected chi connectivity index (χ0v) is 12.6. The van der Waals surface area contributed by atoms with Gasteiger partial charge in [0.05, 0.1) is 7.11 Å². The number of ether oxygens (including phenoxy) is 2. The van der Waals surface area contributed by atoms with Gasteiger partial charge in [-0.2, -0.15) is 0 Å². The fourth-order valence-electron chi connectivity index (χ4n) is 2.03. The molecule has 2 rings (SSSR count). The molecule has 0 atom stereocenters. The van der Waals surface area contributed by atoms with Crippen molar-refractivity contribution < 1.29 is 19.4 Å². The molecule has 0 spiro atoms. The Hall–Kier alpha value is -2.75. The molecule has 0 bridgehead atoms. The number of benzene rings is 2. The molecule has 0 aromatic heterocycles. The van der Waals surface area contributed by atoms with Crippen molar-refractivity contribution >= 4 is 12.0 Å². The number of carbonyl (C=O) groups is 1. The number of aliphatic carboxylic acids is 1. The summed E-state index contributed by atoms with van der Waals surface area (Å²) in [6.07, 6.45) is 2.66. The predicted octanol–water partition coefficient (Wildman–Crippen LogP) is 3.68. The largest absolute Gasteiger partial charge is 0.493 e. The first-order valence-corrected chi connectivity index (χ1v) is 6.86. The maximum absolute atomic E-state index is 10.7. The molecule has 0 saturated heterocycles. The van der Waals surface area contributed by atoms with Gasteiger partial charge in [-0.3, -0.25) is 0 Å². The van der Waals surface area contributed by atoms with Crippen molar-refractivity contribution in [3.8, 4) is 11.5 Å². The molecule has 2 aromatic rings. The van der Waals surface area contributed by atoms with Crippen LogP contribution in [-0.2, 0) is 11.4 Å². The normalized spacial score (nSPS) is 10.6. The summed E-state index contributed by atoms with van der Waals surface area (Å²) < 4.78 is 11.1. The molecule has 0 aliphatic rings. The summed E-state index contributed by atoms with van der Waals surface area (Å²) in [5.74, 6) is 0.227. The number of hydrogen-bond acceptors (Lipinski definition) is 3. The van der Waals surface area contributed by atoms with Crippen molar-refractivity contribution in [1.29, 1.82) is 0 Å². The Kier molecular flexibility index (Phi) is 5.20. The molecule has 114 valence electrons. The third kappa shape index (κ3) is 4.12. The van der Waals surface area contributed by atoms with Crippen LogP contribution in [0, 0.1) is 6.92 Å². The van der Waals surface area contributed by atoms with Gasteiger partial charge >= 0.3 is 5.97 Å². The van der Waals surface area contributed by atoms with Gasteiger partial charge in [0.2, 0.25) is 0 Å². The first-order valence-electron chi connectivity index (χ1n) is 6.86. The van der Waals surface area contributed by atoms with Crippen LogP contribution in [0.5, 0.6) is 11.5 Å². The molecule has 0 amide bonds. The fourth-order valence-corrected chi connectivity index (χ4v) is 2.03. The topological polar surface area (TPSA) is 55.8 Å². The highest BCUT2D eigenvalue weighted by Crippen LogP contribution is 2.31. The number of carboxylic acid groups (broad SMARTS) is 1. The van der Waals surface area contributed by atoms with Crippen LogP contribution in [0.4, 0.5) is 0 Å². The van der Waals surface area contributed by atoms with Crippen molar-refractivity contribution in [3.63, 3.8) is 0 Å². The Bertz CT molecular complexity index is 675. The highest BCUT2D eigenvalue weighted by molar-refractivity contribution is 5.85. The third-order valence-electron chi connectivity index (χ3n) is 3.19. The molecule has 4 heteroatoms. The molecular weight excluding hydrogens is 280 g/mol. The van der Waals surface area contributed by atoms with Gasteiger partial charge in [-0.1, -0.05) is 30.3 Å². The first kappa shape index (κ1) is 15.6. The van der Waals surface area contributed by atoms with Crippen LogP contribution in [0.15, 0.2) is 48.5 Å². The van der Waals surface area contributed by atoms with Crippen LogP contribution in [0.1, 0.15) is 16.7 Å². The molecule has 0 saturated carbocycles. The van der Waals surface area contributed by atoms with Crippen molar-refractivity contribution in [2.45, 2.75) is 13.5 Å². The Morgan fingerprint density at radius 2 is 1.91 bits per heavy atom. The number of hydrogen-bond donors (Lipinski definition) is 1. The van der Waals surface area contributed by atoms with E-state index in [1.54, 1.807) is 19.3 Å². The molecule has 0 aliphatic carbocycles. The summed E-state index contributed by atoms with van der Waals surface area (Å²) in [7, 11) is 1.58. The van der Waals surface area contributed by atoms with Crippen LogP contribution in [0.2, 0.25) is 0 Å². The summed E-state index contributed by atoms with van der Waals surface area (Å²) in [4.78, 5) is 10.7. The van der Waals surface area contributed by atoms with E-state index in [0.29, 0.717) is 18.1 Å². The molecule has 0 fully saturated rings. The van der Waals surface area contributed by atoms with E-state index in [4.69, 9.17) is 14.6 Å². The van der Waals surface area contributed by atoms with Crippen molar-refractivity contribution in [2.75, 3.05) is 7.11 Å². The molecule has 1 N–H and O–H groups in total. The van der Waals surface area contributed by atoms with Gasteiger partial charge in [-0.05, 0) is 41.8 Å². The third-order valence-corrected chi connectivity index (χ3v) is 3.19. The molecule has 22 heavy (non-hydrogen) atoms. The van der Waals surface area contributed by atoms with Crippen LogP contribution in [0.3, 0.4) is 0 Å². The Morgan fingerprint density at radius 1 is 1.18 bits per heavy atom. The lowest BCUT2D eigenvalue weighted by atomic mass is 10.1. The molecule has 2 aromatic carbocycles. The maximum Gasteiger partial charge on any atom is 0.328 e. The smallest absolute Gasteiger partial charge is 0.328 e. The monoisotopic (exact) mass is 298 g/mol. The lowest BCUT2D eigenvalue weighted by molar-refractivity contribution is -0.131. The van der Waals surface area contributed by atoms with Crippen molar-refractivity contribution in [2.24, 2.45) is 0 Å². The fraction of sp³-hybridized carbons (Fsp3) is 0.167. The van der Waals surface area contributed by atoms with Gasteiger partial charge in [0, 0.05) is 6.08 Å². The SMILES string of the molecule is COc1cc(C)c(C=CC(=O)O)cc1OCc1ccccc1. The van der Waals surface area contributed by atoms with Gasteiger partial charge in [0.25, 0.3) is 0 Å². The quantitative estimate of drug-likeness (QED) is 0.827. The minimum atomic E-state index is -0.984. The average molecular weight is 298 g/mol. The van der Waals surface area contributed by atoms with Crippen LogP contribution in [-0.4, -0.2) is 18.2 Å². The van der Waals surface area contributed by atoms with Gasteiger partial charge in [0.15, 0.2) is 11.5 Å². The van der Waals surface area contributed by atoms with E-state index in [-0.39, 0.29) is 0 Å². The Balaban J connectivity index is 2.24. The van der Waals surface area contributed by atoms with E-state index in [1.165, 1.54) is 0 Å². The highest BCUT2D eigenvalue weighted by atomic mass is 16.5. The van der Waals surface area contributed by atoms with Crippen LogP contribution >= 0.6 is 0 Å². The first-order chi connectivity index (χ1) is 10.6. The Labute approximate surface area is 129 Å². The number of carboxylic acids is 1. The maximum atomic E-state index is 10.7. The summed E-state index contributed by atoms with van der Waals surface area (Å²) in [5, 5.41) is 8.75. The van der Waals surface area contributed by atoms with Gasteiger partial charge in [-0.15, -0.1) is 0 Å². The van der Waals surface area contributed by atoms with Gasteiger partial charge in [0.1, 0.15) is 6.61 Å². The second-order valence-electron chi connectivity index (χ2n) is 4.81. The summed E-state index contributed by atoms with van der Waals surface area (Å²) in [6.45, 7) is 2.31. The van der Waals surface area contributed by atoms with Crippen molar-refractivity contribution in [1.82, 2.24) is 0 Å². The lowest BCUT2D eigenvalue weighted by Gasteiger charge is -2.13. The second kappa shape index (κ2) is 7.31. The van der Waals surface area contributed by atoms with E-state index < -0.39 is 5.97 Å². The summed E-state index contributed by atoms with van der Waals surface area (Å²) >= 11 is 0. The van der Waals surface area contributed by atoms with Crippen LogP contribution in [0.25, 0.3) is 6.08 Å². The van der Waals surface area contributed by atoms with E-state index in [0.717, 1.165) is 22.8 Å². The van der Waals surface area contributed by atoms with E-state index >= 15 is 0 Å². The highest BCUT2D eigenvalue weighted by Gasteiger charge is 2.08. The molecule has 4 nitrogen and oxygen atoms in total. The minimum absolute atomic E-state index is 0.419. The molecule has 0 radical (unpaired) electrons. The number of rotatable bonds is 6. The standard InChI is InChI=1S/C18H18O4/c1-13-10-16(21-2)17(11-15(13)8-9-18(19)20)22-12-14-6-4-3-5-7-14/h3-11H,12H2,1-2H3,(H,19,20). The average Bonchev–Trinajstić information content (AvgIpc) is 2.53. The van der Waals surface area contributed by atoms with E-state index in [1.807, 2.05) is 43.3 Å². The summed E-state index contributed by atoms with van der Waals surface area (Å²) in [6, 6.07) is 13.4. The van der Waals surface area contributed by atoms with Gasteiger partial charge in [-0.25, -0.2) is 4.79 Å². The number of aryl methyl sites for hydroxylation is 1. The zero-order valence-electron chi connectivity index (χ0n) is 12.6. The lowest BCUT2D eigenvalue weighted by Crippen LogP contribution is -1.99. The number of methoxy groups -OCH3 is 1. The van der Waals surface area contributed by atoms with Crippen LogP contribution < -0.4 is 9.47 Å². The van der Waals surface area contributed by atoms with Crippen molar-refractivity contribution in [3.05, 3.63) is 65.2 Å². The van der Waals surface area contributed by atoms with E-state index in [9.17, 15) is 4.79 Å². The zero-order chi connectivity index (χ0) is 15.9. The Morgan fingerprint density at radius 3 is 2.55 bits per heavy atom. The molecule has 0 heterocycles. The second-order valence-corrected chi connectivity index (χ2v) is 4.81. The molecule has 0 aliphatic heterocycles. The molecule has 0 unspecified atom stereocenters. The van der Waals surface area contributed by atoms with E-state index in [2.05, 4.69) is 0 Å².